The third kappa shape index (κ3) is 5.30. The Morgan fingerprint density at radius 2 is 1.71 bits per heavy atom. The van der Waals surface area contributed by atoms with Crippen LogP contribution in [0, 0.1) is 0 Å². The molecule has 0 aliphatic heterocycles. The van der Waals surface area contributed by atoms with Gasteiger partial charge >= 0.3 is 0 Å². The van der Waals surface area contributed by atoms with Crippen LogP contribution in [-0.4, -0.2) is 24.7 Å². The molecule has 24 heavy (non-hydrogen) atoms. The number of hydrogen-bond acceptors (Lipinski definition) is 2. The van der Waals surface area contributed by atoms with E-state index >= 15 is 0 Å². The Bertz CT molecular complexity index is 591. The SMILES string of the molecule is C/C(=C/CO)c1cc(C(C)(C)C)cc(C(C)(C)C)c1OCC(F)F. The third-order valence-corrected chi connectivity index (χ3v) is 3.94. The second-order valence-electron chi connectivity index (χ2n) is 8.17. The number of aliphatic hydroxyl groups excluding tert-OH is 1. The van der Waals surface area contributed by atoms with Gasteiger partial charge in [0.2, 0.25) is 0 Å². The van der Waals surface area contributed by atoms with E-state index in [0.29, 0.717) is 5.75 Å². The summed E-state index contributed by atoms with van der Waals surface area (Å²) >= 11 is 0. The van der Waals surface area contributed by atoms with Crippen molar-refractivity contribution in [2.45, 2.75) is 65.7 Å². The molecule has 0 fully saturated rings. The number of alkyl halides is 2. The lowest BCUT2D eigenvalue weighted by Gasteiger charge is -2.29. The number of allylic oxidation sites excluding steroid dienone is 1. The fourth-order valence-electron chi connectivity index (χ4n) is 2.46. The second kappa shape index (κ2) is 7.64. The molecule has 0 aliphatic rings. The van der Waals surface area contributed by atoms with Crippen LogP contribution in [0.3, 0.4) is 0 Å². The van der Waals surface area contributed by atoms with Crippen molar-refractivity contribution >= 4 is 5.57 Å². The molecule has 0 amide bonds. The van der Waals surface area contributed by atoms with Crippen LogP contribution in [-0.2, 0) is 10.8 Å². The molecule has 1 aromatic carbocycles. The predicted molar refractivity (Wildman–Crippen MR) is 96.1 cm³/mol. The third-order valence-electron chi connectivity index (χ3n) is 3.94. The second-order valence-corrected chi connectivity index (χ2v) is 8.17. The van der Waals surface area contributed by atoms with Crippen LogP contribution in [0.1, 0.15) is 65.2 Å². The molecule has 0 atom stereocenters. The van der Waals surface area contributed by atoms with E-state index in [-0.39, 0.29) is 17.4 Å². The molecule has 136 valence electrons. The summed E-state index contributed by atoms with van der Waals surface area (Å²) in [6.45, 7) is 13.6. The van der Waals surface area contributed by atoms with Gasteiger partial charge in [0.1, 0.15) is 12.4 Å². The summed E-state index contributed by atoms with van der Waals surface area (Å²) in [6, 6.07) is 4.04. The van der Waals surface area contributed by atoms with Crippen molar-refractivity contribution in [2.75, 3.05) is 13.2 Å². The van der Waals surface area contributed by atoms with Crippen molar-refractivity contribution in [3.05, 3.63) is 34.9 Å². The van der Waals surface area contributed by atoms with Crippen LogP contribution in [0.15, 0.2) is 18.2 Å². The monoisotopic (exact) mass is 340 g/mol. The van der Waals surface area contributed by atoms with Gasteiger partial charge in [-0.15, -0.1) is 0 Å². The summed E-state index contributed by atoms with van der Waals surface area (Å²) < 4.78 is 31.0. The molecule has 0 saturated heterocycles. The Kier molecular flexibility index (Phi) is 6.57. The van der Waals surface area contributed by atoms with Crippen LogP contribution in [0.2, 0.25) is 0 Å². The van der Waals surface area contributed by atoms with Crippen molar-refractivity contribution in [3.8, 4) is 5.75 Å². The van der Waals surface area contributed by atoms with Crippen molar-refractivity contribution in [1.29, 1.82) is 0 Å². The highest BCUT2D eigenvalue weighted by Gasteiger charge is 2.27. The van der Waals surface area contributed by atoms with Gasteiger partial charge in [0, 0.05) is 11.1 Å². The van der Waals surface area contributed by atoms with Gasteiger partial charge in [0.05, 0.1) is 6.61 Å². The first-order valence-corrected chi connectivity index (χ1v) is 8.26. The lowest BCUT2D eigenvalue weighted by atomic mass is 9.78. The Morgan fingerprint density at radius 1 is 1.12 bits per heavy atom. The summed E-state index contributed by atoms with van der Waals surface area (Å²) in [7, 11) is 0. The lowest BCUT2D eigenvalue weighted by molar-refractivity contribution is 0.0807. The van der Waals surface area contributed by atoms with Crippen LogP contribution < -0.4 is 4.74 Å². The van der Waals surface area contributed by atoms with Crippen LogP contribution in [0.25, 0.3) is 5.57 Å². The fourth-order valence-corrected chi connectivity index (χ4v) is 2.46. The van der Waals surface area contributed by atoms with Gasteiger partial charge < -0.3 is 9.84 Å². The molecule has 0 saturated carbocycles. The Morgan fingerprint density at radius 3 is 2.12 bits per heavy atom. The van der Waals surface area contributed by atoms with Crippen molar-refractivity contribution in [2.24, 2.45) is 0 Å². The van der Waals surface area contributed by atoms with Crippen LogP contribution >= 0.6 is 0 Å². The van der Waals surface area contributed by atoms with Gasteiger partial charge in [0.15, 0.2) is 0 Å². The van der Waals surface area contributed by atoms with Crippen molar-refractivity contribution in [1.82, 2.24) is 0 Å². The molecule has 2 nitrogen and oxygen atoms in total. The maximum atomic E-state index is 12.7. The summed E-state index contributed by atoms with van der Waals surface area (Å²) in [5, 5.41) is 9.23. The van der Waals surface area contributed by atoms with E-state index in [0.717, 1.165) is 22.3 Å². The quantitative estimate of drug-likeness (QED) is 0.786. The standard InChI is InChI=1S/C20H30F2O2/c1-13(8-9-23)15-10-14(19(2,3)4)11-16(20(5,6)7)18(15)24-12-17(21)22/h8,10-11,17,23H,9,12H2,1-7H3/b13-8-. The fraction of sp³-hybridized carbons (Fsp3) is 0.600. The highest BCUT2D eigenvalue weighted by molar-refractivity contribution is 5.72. The number of rotatable bonds is 5. The lowest BCUT2D eigenvalue weighted by Crippen LogP contribution is -2.20. The first kappa shape index (κ1) is 20.6. The summed E-state index contributed by atoms with van der Waals surface area (Å²) in [5.74, 6) is 0.484. The normalized spacial score (nSPS) is 13.5. The van der Waals surface area contributed by atoms with Crippen molar-refractivity contribution < 1.29 is 18.6 Å². The predicted octanol–water partition coefficient (Wildman–Crippen LogP) is 5.32. The molecule has 1 rings (SSSR count). The minimum absolute atomic E-state index is 0.0878. The number of hydrogen-bond donors (Lipinski definition) is 1. The molecular weight excluding hydrogens is 310 g/mol. The molecule has 0 aromatic heterocycles. The van der Waals surface area contributed by atoms with Gasteiger partial charge in [-0.25, -0.2) is 8.78 Å². The number of halogens is 2. The van der Waals surface area contributed by atoms with Gasteiger partial charge in [-0.1, -0.05) is 53.7 Å². The molecule has 0 bridgehead atoms. The molecule has 0 radical (unpaired) electrons. The van der Waals surface area contributed by atoms with Crippen LogP contribution in [0.5, 0.6) is 5.75 Å². The number of aliphatic hydroxyl groups is 1. The number of benzene rings is 1. The van der Waals surface area contributed by atoms with E-state index in [1.165, 1.54) is 0 Å². The summed E-state index contributed by atoms with van der Waals surface area (Å²) in [4.78, 5) is 0. The Labute approximate surface area is 144 Å². The zero-order valence-corrected chi connectivity index (χ0v) is 15.8. The maximum absolute atomic E-state index is 12.7. The average molecular weight is 340 g/mol. The molecule has 0 aliphatic carbocycles. The summed E-state index contributed by atoms with van der Waals surface area (Å²) in [5.41, 5.74) is 3.25. The summed E-state index contributed by atoms with van der Waals surface area (Å²) in [6.07, 6.45) is -0.862. The highest BCUT2D eigenvalue weighted by Crippen LogP contribution is 2.41. The topological polar surface area (TPSA) is 29.5 Å². The van der Waals surface area contributed by atoms with E-state index in [1.807, 2.05) is 33.8 Å². The first-order valence-electron chi connectivity index (χ1n) is 8.26. The minimum Gasteiger partial charge on any atom is -0.487 e. The van der Waals surface area contributed by atoms with Crippen molar-refractivity contribution in [3.63, 3.8) is 0 Å². The molecule has 0 heterocycles. The van der Waals surface area contributed by atoms with Gasteiger partial charge in [-0.3, -0.25) is 0 Å². The molecular formula is C20H30F2O2. The number of ether oxygens (including phenoxy) is 1. The molecule has 1 aromatic rings. The smallest absolute Gasteiger partial charge is 0.272 e. The van der Waals surface area contributed by atoms with Gasteiger partial charge in [0.25, 0.3) is 6.43 Å². The molecule has 0 spiro atoms. The van der Waals surface area contributed by atoms with Gasteiger partial charge in [-0.05, 0) is 35.0 Å². The first-order chi connectivity index (χ1) is 10.9. The van der Waals surface area contributed by atoms with E-state index in [9.17, 15) is 13.9 Å². The van der Waals surface area contributed by atoms with Crippen LogP contribution in [0.4, 0.5) is 8.78 Å². The Balaban J connectivity index is 3.69. The minimum atomic E-state index is -2.53. The van der Waals surface area contributed by atoms with E-state index in [2.05, 4.69) is 26.8 Å². The Hall–Kier alpha value is -1.42. The zero-order chi connectivity index (χ0) is 18.7. The largest absolute Gasteiger partial charge is 0.487 e. The van der Waals surface area contributed by atoms with E-state index < -0.39 is 13.0 Å². The highest BCUT2D eigenvalue weighted by atomic mass is 19.3. The van der Waals surface area contributed by atoms with E-state index in [1.54, 1.807) is 6.08 Å². The molecule has 1 N–H and O–H groups in total. The van der Waals surface area contributed by atoms with Gasteiger partial charge in [-0.2, -0.15) is 0 Å². The maximum Gasteiger partial charge on any atom is 0.272 e. The average Bonchev–Trinajstić information content (AvgIpc) is 2.42. The molecule has 4 heteroatoms. The molecule has 0 unspecified atom stereocenters. The zero-order valence-electron chi connectivity index (χ0n) is 15.8. The van der Waals surface area contributed by atoms with E-state index in [4.69, 9.17) is 4.74 Å².